The Balaban J connectivity index is 0.000000220. The lowest BCUT2D eigenvalue weighted by Crippen LogP contribution is -2.30. The van der Waals surface area contributed by atoms with E-state index in [0.717, 1.165) is 30.3 Å². The molecule has 0 unspecified atom stereocenters. The second-order valence-corrected chi connectivity index (χ2v) is 4.12. The number of halogens is 4. The van der Waals surface area contributed by atoms with Gasteiger partial charge in [0.15, 0.2) is 11.6 Å². The maximum Gasteiger partial charge on any atom is 0.488 e. The van der Waals surface area contributed by atoms with Gasteiger partial charge in [0, 0.05) is 6.07 Å². The van der Waals surface area contributed by atoms with E-state index in [1.807, 2.05) is 0 Å². The molecule has 2 rings (SSSR count). The molecule has 10 heteroatoms. The van der Waals surface area contributed by atoms with Gasteiger partial charge < -0.3 is 20.1 Å². The van der Waals surface area contributed by atoms with Crippen LogP contribution in [0.3, 0.4) is 0 Å². The summed E-state index contributed by atoms with van der Waals surface area (Å²) in [6.07, 6.45) is 0. The van der Waals surface area contributed by atoms with Crippen LogP contribution in [-0.4, -0.2) is 34.3 Å². The van der Waals surface area contributed by atoms with Gasteiger partial charge in [0.2, 0.25) is 0 Å². The van der Waals surface area contributed by atoms with Crippen LogP contribution in [0.1, 0.15) is 0 Å². The van der Waals surface area contributed by atoms with E-state index in [1.54, 1.807) is 0 Å². The second-order valence-electron chi connectivity index (χ2n) is 4.12. The average molecular weight is 316 g/mol. The van der Waals surface area contributed by atoms with Crippen molar-refractivity contribution in [3.8, 4) is 0 Å². The highest BCUT2D eigenvalue weighted by Crippen LogP contribution is 2.01. The number of benzene rings is 2. The molecule has 0 saturated heterocycles. The Morgan fingerprint density at radius 2 is 1.09 bits per heavy atom. The van der Waals surface area contributed by atoms with Crippen molar-refractivity contribution in [1.82, 2.24) is 0 Å². The lowest BCUT2D eigenvalue weighted by molar-refractivity contribution is 0.423. The van der Waals surface area contributed by atoms with Crippen molar-refractivity contribution < 1.29 is 37.7 Å². The van der Waals surface area contributed by atoms with Gasteiger partial charge in [0.25, 0.3) is 0 Å². The largest absolute Gasteiger partial charge is 0.488 e. The van der Waals surface area contributed by atoms with E-state index >= 15 is 0 Å². The van der Waals surface area contributed by atoms with E-state index in [2.05, 4.69) is 0 Å². The monoisotopic (exact) mass is 316 g/mol. The van der Waals surface area contributed by atoms with Crippen LogP contribution in [0.25, 0.3) is 0 Å². The quantitative estimate of drug-likeness (QED) is 0.436. The van der Waals surface area contributed by atoms with Crippen LogP contribution in [0.5, 0.6) is 0 Å². The molecule has 0 aliphatic heterocycles. The van der Waals surface area contributed by atoms with Gasteiger partial charge in [-0.15, -0.1) is 0 Å². The maximum atomic E-state index is 12.3. The third-order valence-corrected chi connectivity index (χ3v) is 2.42. The fourth-order valence-electron chi connectivity index (χ4n) is 1.40. The summed E-state index contributed by atoms with van der Waals surface area (Å²) in [7, 11) is -3.59. The molecule has 0 heterocycles. The van der Waals surface area contributed by atoms with Crippen LogP contribution in [-0.2, 0) is 0 Å². The molecule has 0 fully saturated rings. The Labute approximate surface area is 123 Å². The van der Waals surface area contributed by atoms with Crippen molar-refractivity contribution in [1.29, 1.82) is 0 Å². The van der Waals surface area contributed by atoms with Gasteiger partial charge in [0.1, 0.15) is 11.6 Å². The number of hydrogen-bond donors (Lipinski definition) is 4. The zero-order valence-corrected chi connectivity index (χ0v) is 10.9. The van der Waals surface area contributed by atoms with Crippen molar-refractivity contribution in [2.24, 2.45) is 0 Å². The fourth-order valence-corrected chi connectivity index (χ4v) is 1.40. The predicted molar refractivity (Wildman–Crippen MR) is 72.4 cm³/mol. The van der Waals surface area contributed by atoms with Crippen molar-refractivity contribution in [2.75, 3.05) is 0 Å². The summed E-state index contributed by atoms with van der Waals surface area (Å²) in [5, 5.41) is 34.0. The van der Waals surface area contributed by atoms with E-state index in [1.165, 1.54) is 0 Å². The van der Waals surface area contributed by atoms with Gasteiger partial charge in [-0.3, -0.25) is 0 Å². The minimum atomic E-state index is -1.83. The molecule has 2 aromatic carbocycles. The molecule has 0 spiro atoms. The summed E-state index contributed by atoms with van der Waals surface area (Å²) in [5.74, 6) is -3.74. The first kappa shape index (κ1) is 18.2. The number of hydrogen-bond acceptors (Lipinski definition) is 4. The predicted octanol–water partition coefficient (Wildman–Crippen LogP) is -0.711. The standard InChI is InChI=1S/2C6H5BF2O2/c8-5-1-4(7(10)11)2-6(9)3-5;8-5-2-1-4(7(10)11)3-6(5)9/h2*1-3,10-11H. The van der Waals surface area contributed by atoms with Gasteiger partial charge in [-0.25, -0.2) is 17.6 Å². The summed E-state index contributed by atoms with van der Waals surface area (Å²) in [6, 6.07) is 5.04. The SMILES string of the molecule is OB(O)c1cc(F)cc(F)c1.OB(O)c1ccc(F)c(F)c1. The molecule has 2 aromatic rings. The lowest BCUT2D eigenvalue weighted by atomic mass is 9.80. The van der Waals surface area contributed by atoms with Crippen LogP contribution in [0.15, 0.2) is 36.4 Å². The normalized spacial score (nSPS) is 9.82. The highest BCUT2D eigenvalue weighted by Gasteiger charge is 2.13. The molecule has 0 aliphatic rings. The maximum absolute atomic E-state index is 12.3. The van der Waals surface area contributed by atoms with Crippen molar-refractivity contribution >= 4 is 25.2 Å². The average Bonchev–Trinajstić information content (AvgIpc) is 2.41. The van der Waals surface area contributed by atoms with E-state index in [-0.39, 0.29) is 10.9 Å². The molecule has 0 bridgehead atoms. The molecule has 0 aliphatic carbocycles. The van der Waals surface area contributed by atoms with Gasteiger partial charge in [-0.1, -0.05) is 6.07 Å². The summed E-state index contributed by atoms with van der Waals surface area (Å²) in [5.41, 5.74) is -0.258. The van der Waals surface area contributed by atoms with Gasteiger partial charge in [0.05, 0.1) is 0 Å². The van der Waals surface area contributed by atoms with Crippen LogP contribution < -0.4 is 10.9 Å². The zero-order chi connectivity index (χ0) is 16.9. The highest BCUT2D eigenvalue weighted by atomic mass is 19.2. The first-order chi connectivity index (χ1) is 10.2. The summed E-state index contributed by atoms with van der Waals surface area (Å²) in [6.45, 7) is 0. The first-order valence-corrected chi connectivity index (χ1v) is 5.84. The molecular formula is C12H10B2F4O4. The zero-order valence-electron chi connectivity index (χ0n) is 10.9. The first-order valence-electron chi connectivity index (χ1n) is 5.84. The molecule has 116 valence electrons. The van der Waals surface area contributed by atoms with Crippen molar-refractivity contribution in [2.45, 2.75) is 0 Å². The third kappa shape index (κ3) is 5.49. The van der Waals surface area contributed by atoms with Gasteiger partial charge in [-0.05, 0) is 35.2 Å². The Morgan fingerprint density at radius 3 is 1.50 bits per heavy atom. The van der Waals surface area contributed by atoms with E-state index in [9.17, 15) is 17.6 Å². The third-order valence-electron chi connectivity index (χ3n) is 2.42. The molecule has 4 nitrogen and oxygen atoms in total. The molecule has 0 aromatic heterocycles. The molecular weight excluding hydrogens is 306 g/mol. The Hall–Kier alpha value is -1.87. The molecule has 0 atom stereocenters. The van der Waals surface area contributed by atoms with E-state index in [4.69, 9.17) is 20.1 Å². The fraction of sp³-hybridized carbons (Fsp3) is 0. The minimum Gasteiger partial charge on any atom is -0.423 e. The molecule has 0 amide bonds. The Morgan fingerprint density at radius 1 is 0.591 bits per heavy atom. The van der Waals surface area contributed by atoms with Crippen LogP contribution in [0, 0.1) is 23.3 Å². The highest BCUT2D eigenvalue weighted by molar-refractivity contribution is 6.58. The van der Waals surface area contributed by atoms with E-state index < -0.39 is 37.5 Å². The van der Waals surface area contributed by atoms with Gasteiger partial charge in [-0.2, -0.15) is 0 Å². The smallest absolute Gasteiger partial charge is 0.423 e. The Kier molecular flexibility index (Phi) is 6.57. The summed E-state index contributed by atoms with van der Waals surface area (Å²) in [4.78, 5) is 0. The molecule has 22 heavy (non-hydrogen) atoms. The van der Waals surface area contributed by atoms with Gasteiger partial charge >= 0.3 is 14.2 Å². The second kappa shape index (κ2) is 7.95. The van der Waals surface area contributed by atoms with Crippen molar-refractivity contribution in [3.05, 3.63) is 59.7 Å². The number of rotatable bonds is 2. The lowest BCUT2D eigenvalue weighted by Gasteiger charge is -1.98. The van der Waals surface area contributed by atoms with E-state index in [0.29, 0.717) is 6.07 Å². The van der Waals surface area contributed by atoms with Crippen LogP contribution >= 0.6 is 0 Å². The summed E-state index contributed by atoms with van der Waals surface area (Å²) >= 11 is 0. The van der Waals surface area contributed by atoms with Crippen molar-refractivity contribution in [3.63, 3.8) is 0 Å². The van der Waals surface area contributed by atoms with Crippen LogP contribution in [0.2, 0.25) is 0 Å². The molecule has 0 saturated carbocycles. The van der Waals surface area contributed by atoms with Crippen LogP contribution in [0.4, 0.5) is 17.6 Å². The molecule has 0 radical (unpaired) electrons. The Bertz CT molecular complexity index is 620. The summed E-state index contributed by atoms with van der Waals surface area (Å²) < 4.78 is 49.2. The minimum absolute atomic E-state index is 0.0658. The molecule has 4 N–H and O–H groups in total. The topological polar surface area (TPSA) is 80.9 Å².